The molecule has 0 radical (unpaired) electrons. The van der Waals surface area contributed by atoms with Gasteiger partial charge in [-0.2, -0.15) is 5.26 Å². The van der Waals surface area contributed by atoms with Crippen molar-refractivity contribution < 1.29 is 18.4 Å². The SMILES string of the molecule is C[C@@H](NC(=O)CC1=C(C2CC2)C2CC(F)CCC2NC1=O)C1NCC(C#N)CC1F. The van der Waals surface area contributed by atoms with Crippen molar-refractivity contribution in [2.45, 2.75) is 82.3 Å². The molecule has 2 heterocycles. The van der Waals surface area contributed by atoms with Gasteiger partial charge in [-0.15, -0.1) is 0 Å². The number of piperidine rings is 1. The van der Waals surface area contributed by atoms with Gasteiger partial charge in [0.05, 0.1) is 24.4 Å². The molecule has 0 aromatic rings. The first kappa shape index (κ1) is 21.2. The molecule has 164 valence electrons. The summed E-state index contributed by atoms with van der Waals surface area (Å²) in [7, 11) is 0. The minimum absolute atomic E-state index is 0.0164. The Labute approximate surface area is 175 Å². The van der Waals surface area contributed by atoms with Gasteiger partial charge in [-0.05, 0) is 51.4 Å². The summed E-state index contributed by atoms with van der Waals surface area (Å²) in [5.41, 5.74) is 1.47. The predicted octanol–water partition coefficient (Wildman–Crippen LogP) is 2.06. The molecule has 6 nitrogen and oxygen atoms in total. The Kier molecular flexibility index (Phi) is 6.10. The first-order chi connectivity index (χ1) is 14.4. The average molecular weight is 421 g/mol. The molecule has 30 heavy (non-hydrogen) atoms. The standard InChI is InChI=1S/C22H30F2N4O2/c1-11(21-17(24)6-12(9-25)10-26-21)27-19(29)8-16-20(13-2-3-13)15-7-14(23)4-5-18(15)28-22(16)30/h11-15,17-18,21,26H,2-8,10H2,1H3,(H,27,29)(H,28,30)/t11-,12?,14?,15?,17?,18?,21?/m1/s1. The number of alkyl halides is 2. The molecular weight excluding hydrogens is 390 g/mol. The maximum Gasteiger partial charge on any atom is 0.247 e. The maximum absolute atomic E-state index is 14.4. The number of nitrogens with one attached hydrogen (secondary N) is 3. The van der Waals surface area contributed by atoms with Gasteiger partial charge in [0.25, 0.3) is 0 Å². The molecule has 2 saturated carbocycles. The zero-order valence-electron chi connectivity index (χ0n) is 17.3. The number of hydrogen-bond donors (Lipinski definition) is 3. The summed E-state index contributed by atoms with van der Waals surface area (Å²) in [5, 5.41) is 17.8. The number of nitrogens with zero attached hydrogens (tertiary/aromatic N) is 1. The third-order valence-electron chi connectivity index (χ3n) is 7.09. The summed E-state index contributed by atoms with van der Waals surface area (Å²) < 4.78 is 28.5. The fourth-order valence-electron chi connectivity index (χ4n) is 5.42. The van der Waals surface area contributed by atoms with E-state index in [1.807, 2.05) is 0 Å². The van der Waals surface area contributed by atoms with Crippen molar-refractivity contribution in [2.24, 2.45) is 17.8 Å². The van der Waals surface area contributed by atoms with E-state index in [4.69, 9.17) is 5.26 Å². The molecule has 4 aliphatic rings. The Hall–Kier alpha value is -2.01. The number of carbonyl (C=O) groups is 2. The smallest absolute Gasteiger partial charge is 0.247 e. The maximum atomic E-state index is 14.4. The Morgan fingerprint density at radius 2 is 2.03 bits per heavy atom. The Bertz CT molecular complexity index is 776. The summed E-state index contributed by atoms with van der Waals surface area (Å²) in [6.07, 6.45) is 1.50. The molecule has 1 saturated heterocycles. The number of rotatable bonds is 5. The molecule has 3 fully saturated rings. The van der Waals surface area contributed by atoms with Crippen molar-refractivity contribution >= 4 is 11.8 Å². The van der Waals surface area contributed by atoms with Gasteiger partial charge in [-0.3, -0.25) is 9.59 Å². The number of nitriles is 1. The van der Waals surface area contributed by atoms with E-state index in [0.29, 0.717) is 31.4 Å². The lowest BCUT2D eigenvalue weighted by Gasteiger charge is -2.40. The first-order valence-electron chi connectivity index (χ1n) is 11.1. The Morgan fingerprint density at radius 1 is 1.27 bits per heavy atom. The lowest BCUT2D eigenvalue weighted by Crippen LogP contribution is -2.57. The largest absolute Gasteiger partial charge is 0.352 e. The first-order valence-corrected chi connectivity index (χ1v) is 11.1. The summed E-state index contributed by atoms with van der Waals surface area (Å²) in [4.78, 5) is 25.5. The van der Waals surface area contributed by atoms with E-state index >= 15 is 0 Å². The van der Waals surface area contributed by atoms with Gasteiger partial charge in [0.1, 0.15) is 12.3 Å². The highest BCUT2D eigenvalue weighted by Crippen LogP contribution is 2.48. The van der Waals surface area contributed by atoms with Crippen molar-refractivity contribution in [1.82, 2.24) is 16.0 Å². The Balaban J connectivity index is 1.44. The van der Waals surface area contributed by atoms with Gasteiger partial charge in [0.2, 0.25) is 11.8 Å². The minimum Gasteiger partial charge on any atom is -0.352 e. The van der Waals surface area contributed by atoms with Crippen LogP contribution in [0.25, 0.3) is 0 Å². The van der Waals surface area contributed by atoms with Gasteiger partial charge in [-0.25, -0.2) is 8.78 Å². The van der Waals surface area contributed by atoms with Crippen molar-refractivity contribution in [3.8, 4) is 6.07 Å². The molecule has 8 heteroatoms. The zero-order valence-corrected chi connectivity index (χ0v) is 17.3. The molecule has 2 amide bonds. The van der Waals surface area contributed by atoms with Crippen LogP contribution in [-0.2, 0) is 9.59 Å². The Morgan fingerprint density at radius 3 is 2.70 bits per heavy atom. The summed E-state index contributed by atoms with van der Waals surface area (Å²) >= 11 is 0. The minimum atomic E-state index is -1.22. The molecule has 0 aromatic carbocycles. The predicted molar refractivity (Wildman–Crippen MR) is 107 cm³/mol. The van der Waals surface area contributed by atoms with E-state index < -0.39 is 24.4 Å². The molecule has 3 N–H and O–H groups in total. The highest BCUT2D eigenvalue weighted by molar-refractivity contribution is 6.00. The van der Waals surface area contributed by atoms with E-state index in [1.54, 1.807) is 6.92 Å². The van der Waals surface area contributed by atoms with Crippen LogP contribution < -0.4 is 16.0 Å². The highest BCUT2D eigenvalue weighted by atomic mass is 19.1. The number of hydrogen-bond acceptors (Lipinski definition) is 4. The van der Waals surface area contributed by atoms with Crippen molar-refractivity contribution in [3.05, 3.63) is 11.1 Å². The van der Waals surface area contributed by atoms with Gasteiger partial charge < -0.3 is 16.0 Å². The van der Waals surface area contributed by atoms with Crippen LogP contribution in [0.4, 0.5) is 8.78 Å². The van der Waals surface area contributed by atoms with E-state index in [1.165, 1.54) is 0 Å². The third-order valence-corrected chi connectivity index (χ3v) is 7.09. The van der Waals surface area contributed by atoms with Crippen molar-refractivity contribution in [3.63, 3.8) is 0 Å². The molecule has 6 unspecified atom stereocenters. The van der Waals surface area contributed by atoms with Gasteiger partial charge in [0.15, 0.2) is 0 Å². The van der Waals surface area contributed by atoms with Crippen LogP contribution >= 0.6 is 0 Å². The van der Waals surface area contributed by atoms with Crippen molar-refractivity contribution in [2.75, 3.05) is 6.54 Å². The molecule has 0 bridgehead atoms. The second-order valence-electron chi connectivity index (χ2n) is 9.35. The number of carbonyl (C=O) groups excluding carboxylic acids is 2. The van der Waals surface area contributed by atoms with Crippen LogP contribution in [0.5, 0.6) is 0 Å². The van der Waals surface area contributed by atoms with Gasteiger partial charge in [0, 0.05) is 30.1 Å². The van der Waals surface area contributed by atoms with Crippen LogP contribution in [-0.4, -0.2) is 48.8 Å². The molecular formula is C22H30F2N4O2. The van der Waals surface area contributed by atoms with E-state index in [0.717, 1.165) is 18.4 Å². The van der Waals surface area contributed by atoms with E-state index in [2.05, 4.69) is 22.0 Å². The number of fused-ring (bicyclic) bond motifs is 1. The summed E-state index contributed by atoms with van der Waals surface area (Å²) in [6.45, 7) is 2.13. The van der Waals surface area contributed by atoms with Crippen LogP contribution in [0.1, 0.15) is 51.9 Å². The van der Waals surface area contributed by atoms with E-state index in [9.17, 15) is 18.4 Å². The third kappa shape index (κ3) is 4.36. The zero-order chi connectivity index (χ0) is 21.4. The molecule has 0 spiro atoms. The van der Waals surface area contributed by atoms with Gasteiger partial charge >= 0.3 is 0 Å². The van der Waals surface area contributed by atoms with Crippen molar-refractivity contribution in [1.29, 1.82) is 5.26 Å². The monoisotopic (exact) mass is 420 g/mol. The lowest BCUT2D eigenvalue weighted by atomic mass is 9.72. The summed E-state index contributed by atoms with van der Waals surface area (Å²) in [6, 6.07) is 1.01. The normalized spacial score (nSPS) is 37.6. The fourth-order valence-corrected chi connectivity index (χ4v) is 5.42. The van der Waals surface area contributed by atoms with Crippen LogP contribution in [0, 0.1) is 29.1 Å². The summed E-state index contributed by atoms with van der Waals surface area (Å²) in [5.74, 6) is -0.633. The quantitative estimate of drug-likeness (QED) is 0.635. The van der Waals surface area contributed by atoms with Crippen LogP contribution in [0.2, 0.25) is 0 Å². The van der Waals surface area contributed by atoms with Crippen LogP contribution in [0.3, 0.4) is 0 Å². The second-order valence-corrected chi connectivity index (χ2v) is 9.35. The molecule has 2 aliphatic heterocycles. The average Bonchev–Trinajstić information content (AvgIpc) is 3.53. The fraction of sp³-hybridized carbons (Fsp3) is 0.773. The van der Waals surface area contributed by atoms with Gasteiger partial charge in [-0.1, -0.05) is 5.57 Å². The topological polar surface area (TPSA) is 94.0 Å². The highest BCUT2D eigenvalue weighted by Gasteiger charge is 2.45. The lowest BCUT2D eigenvalue weighted by molar-refractivity contribution is -0.125. The number of halogens is 2. The molecule has 7 atom stereocenters. The second kappa shape index (κ2) is 8.62. The molecule has 4 rings (SSSR count). The molecule has 2 aliphatic carbocycles. The van der Waals surface area contributed by atoms with Crippen LogP contribution in [0.15, 0.2) is 11.1 Å². The van der Waals surface area contributed by atoms with E-state index in [-0.39, 0.29) is 48.5 Å². The molecule has 0 aromatic heterocycles. The number of amides is 2.